The van der Waals surface area contributed by atoms with Crippen molar-refractivity contribution in [2.45, 2.75) is 19.4 Å². The van der Waals surface area contributed by atoms with Crippen LogP contribution in [0.2, 0.25) is 5.02 Å². The number of phenols is 1. The highest BCUT2D eigenvalue weighted by molar-refractivity contribution is 6.30. The molecule has 0 spiro atoms. The van der Waals surface area contributed by atoms with Gasteiger partial charge in [0.25, 0.3) is 0 Å². The fourth-order valence-electron chi connectivity index (χ4n) is 3.62. The Bertz CT molecular complexity index is 1220. The molecule has 0 saturated carbocycles. The molecule has 1 aliphatic rings. The number of benzene rings is 3. The van der Waals surface area contributed by atoms with Gasteiger partial charge in [-0.05, 0) is 48.4 Å². The Labute approximate surface area is 191 Å². The van der Waals surface area contributed by atoms with Crippen LogP contribution in [0.15, 0.2) is 72.1 Å². The van der Waals surface area contributed by atoms with Crippen molar-refractivity contribution in [3.63, 3.8) is 0 Å². The Hall–Kier alpha value is -3.82. The summed E-state index contributed by atoms with van der Waals surface area (Å²) in [6.45, 7) is 2.69. The second kappa shape index (κ2) is 9.13. The molecule has 0 fully saturated rings. The Morgan fingerprint density at radius 3 is 2.56 bits per heavy atom. The second-order valence-corrected chi connectivity index (χ2v) is 7.64. The zero-order valence-corrected chi connectivity index (χ0v) is 18.1. The van der Waals surface area contributed by atoms with Crippen molar-refractivity contribution < 1.29 is 19.3 Å². The summed E-state index contributed by atoms with van der Waals surface area (Å²) in [5.41, 5.74) is 8.81. The minimum absolute atomic E-state index is 0.0108. The summed E-state index contributed by atoms with van der Waals surface area (Å²) >= 11 is 5.95. The average Bonchev–Trinajstić information content (AvgIpc) is 2.78. The van der Waals surface area contributed by atoms with E-state index in [4.69, 9.17) is 31.5 Å². The highest BCUT2D eigenvalue weighted by Crippen LogP contribution is 2.45. The molecule has 1 atom stereocenters. The van der Waals surface area contributed by atoms with Crippen LogP contribution in [0.4, 0.5) is 0 Å². The van der Waals surface area contributed by atoms with Crippen LogP contribution in [0.25, 0.3) is 0 Å². The fourth-order valence-corrected chi connectivity index (χ4v) is 3.75. The highest BCUT2D eigenvalue weighted by atomic mass is 35.5. The van der Waals surface area contributed by atoms with Crippen molar-refractivity contribution in [1.29, 1.82) is 5.26 Å². The minimum Gasteiger partial charge on any atom is -0.508 e. The first kappa shape index (κ1) is 21.4. The van der Waals surface area contributed by atoms with Crippen molar-refractivity contribution >= 4 is 11.6 Å². The SMILES string of the molecule is CCOc1cc([C@H]2C(C#N)=C(N)Oc3cc(O)ccc32)ccc1OCc1ccc(Cl)cc1. The number of rotatable bonds is 6. The molecule has 6 nitrogen and oxygen atoms in total. The van der Waals surface area contributed by atoms with Gasteiger partial charge in [-0.2, -0.15) is 5.26 Å². The van der Waals surface area contributed by atoms with E-state index in [1.165, 1.54) is 6.07 Å². The lowest BCUT2D eigenvalue weighted by Crippen LogP contribution is -2.21. The van der Waals surface area contributed by atoms with Crippen molar-refractivity contribution in [3.05, 3.63) is 93.8 Å². The Morgan fingerprint density at radius 2 is 1.84 bits per heavy atom. The van der Waals surface area contributed by atoms with Crippen LogP contribution in [-0.4, -0.2) is 11.7 Å². The highest BCUT2D eigenvalue weighted by Gasteiger charge is 2.31. The fraction of sp³-hybridized carbons (Fsp3) is 0.160. The molecule has 0 bridgehead atoms. The Balaban J connectivity index is 1.70. The van der Waals surface area contributed by atoms with E-state index in [1.54, 1.807) is 12.1 Å². The molecule has 162 valence electrons. The van der Waals surface area contributed by atoms with Crippen molar-refractivity contribution in [2.75, 3.05) is 6.61 Å². The van der Waals surface area contributed by atoms with Gasteiger partial charge in [-0.25, -0.2) is 0 Å². The molecule has 32 heavy (non-hydrogen) atoms. The second-order valence-electron chi connectivity index (χ2n) is 7.20. The van der Waals surface area contributed by atoms with Gasteiger partial charge in [0, 0.05) is 16.7 Å². The van der Waals surface area contributed by atoms with Gasteiger partial charge >= 0.3 is 0 Å². The number of ether oxygens (including phenoxy) is 3. The number of aromatic hydroxyl groups is 1. The predicted octanol–water partition coefficient (Wildman–Crippen LogP) is 5.24. The van der Waals surface area contributed by atoms with Crippen LogP contribution < -0.4 is 19.9 Å². The summed E-state index contributed by atoms with van der Waals surface area (Å²) in [6, 6.07) is 19.9. The van der Waals surface area contributed by atoms with E-state index in [2.05, 4.69) is 6.07 Å². The van der Waals surface area contributed by atoms with Crippen LogP contribution >= 0.6 is 11.6 Å². The Morgan fingerprint density at radius 1 is 1.06 bits per heavy atom. The summed E-state index contributed by atoms with van der Waals surface area (Å²) in [4.78, 5) is 0. The van der Waals surface area contributed by atoms with Gasteiger partial charge in [-0.1, -0.05) is 35.9 Å². The van der Waals surface area contributed by atoms with E-state index in [0.29, 0.717) is 41.1 Å². The van der Waals surface area contributed by atoms with E-state index in [0.717, 1.165) is 16.7 Å². The van der Waals surface area contributed by atoms with Crippen LogP contribution in [0.1, 0.15) is 29.5 Å². The van der Waals surface area contributed by atoms with E-state index >= 15 is 0 Å². The number of allylic oxidation sites excluding steroid dienone is 1. The van der Waals surface area contributed by atoms with E-state index < -0.39 is 5.92 Å². The number of phenolic OH excluding ortho intramolecular Hbond substituents is 1. The van der Waals surface area contributed by atoms with Gasteiger partial charge in [0.1, 0.15) is 29.7 Å². The maximum absolute atomic E-state index is 9.83. The van der Waals surface area contributed by atoms with Crippen molar-refractivity contribution in [3.8, 4) is 29.1 Å². The third kappa shape index (κ3) is 4.29. The van der Waals surface area contributed by atoms with Gasteiger partial charge in [0.15, 0.2) is 11.5 Å². The molecular weight excluding hydrogens is 428 g/mol. The predicted molar refractivity (Wildman–Crippen MR) is 121 cm³/mol. The van der Waals surface area contributed by atoms with Crippen LogP contribution in [0.5, 0.6) is 23.0 Å². The molecular formula is C25H21ClN2O4. The number of hydrogen-bond acceptors (Lipinski definition) is 6. The Kier molecular flexibility index (Phi) is 6.11. The monoisotopic (exact) mass is 448 g/mol. The van der Waals surface area contributed by atoms with Gasteiger partial charge < -0.3 is 25.1 Å². The smallest absolute Gasteiger partial charge is 0.205 e. The summed E-state index contributed by atoms with van der Waals surface area (Å²) in [5.74, 6) is 1.15. The minimum atomic E-state index is -0.464. The normalized spacial score (nSPS) is 14.8. The maximum atomic E-state index is 9.83. The molecule has 3 aromatic rings. The van der Waals surface area contributed by atoms with Gasteiger partial charge in [0.05, 0.1) is 12.5 Å². The summed E-state index contributed by atoms with van der Waals surface area (Å²) in [6.07, 6.45) is 0. The summed E-state index contributed by atoms with van der Waals surface area (Å²) < 4.78 is 17.4. The molecule has 0 radical (unpaired) electrons. The molecule has 4 rings (SSSR count). The lowest BCUT2D eigenvalue weighted by atomic mass is 9.83. The van der Waals surface area contributed by atoms with Gasteiger partial charge in [0.2, 0.25) is 5.88 Å². The van der Waals surface area contributed by atoms with Crippen LogP contribution in [0, 0.1) is 11.3 Å². The maximum Gasteiger partial charge on any atom is 0.205 e. The molecule has 7 heteroatoms. The van der Waals surface area contributed by atoms with E-state index in [1.807, 2.05) is 49.4 Å². The largest absolute Gasteiger partial charge is 0.508 e. The quantitative estimate of drug-likeness (QED) is 0.535. The number of hydrogen-bond donors (Lipinski definition) is 2. The number of nitrogens with two attached hydrogens (primary N) is 1. The van der Waals surface area contributed by atoms with Crippen LogP contribution in [0.3, 0.4) is 0 Å². The molecule has 1 aliphatic heterocycles. The summed E-state index contributed by atoms with van der Waals surface area (Å²) in [7, 11) is 0. The lowest BCUT2D eigenvalue weighted by molar-refractivity contribution is 0.269. The van der Waals surface area contributed by atoms with E-state index in [-0.39, 0.29) is 11.6 Å². The average molecular weight is 449 g/mol. The van der Waals surface area contributed by atoms with Gasteiger partial charge in [-0.15, -0.1) is 0 Å². The third-order valence-electron chi connectivity index (χ3n) is 5.11. The molecule has 3 aromatic carbocycles. The number of fused-ring (bicyclic) bond motifs is 1. The standard InChI is InChI=1S/C25H21ClN2O4/c1-2-30-23-11-16(5-10-21(23)31-14-15-3-6-17(26)7-4-15)24-19-9-8-18(29)12-22(19)32-25(28)20(24)13-27/h3-12,24,29H,2,14,28H2,1H3/t24-/m1/s1. The molecule has 0 saturated heterocycles. The first-order valence-electron chi connectivity index (χ1n) is 10.0. The zero-order valence-electron chi connectivity index (χ0n) is 17.3. The molecule has 1 heterocycles. The number of halogens is 1. The third-order valence-corrected chi connectivity index (χ3v) is 5.36. The molecule has 3 N–H and O–H groups in total. The van der Waals surface area contributed by atoms with E-state index in [9.17, 15) is 10.4 Å². The number of nitrogens with zero attached hydrogens (tertiary/aromatic N) is 1. The number of nitriles is 1. The topological polar surface area (TPSA) is 97.7 Å². The van der Waals surface area contributed by atoms with Crippen molar-refractivity contribution in [1.82, 2.24) is 0 Å². The van der Waals surface area contributed by atoms with Crippen molar-refractivity contribution in [2.24, 2.45) is 5.73 Å². The molecule has 0 amide bonds. The molecule has 0 aromatic heterocycles. The first-order valence-corrected chi connectivity index (χ1v) is 10.4. The molecule has 0 unspecified atom stereocenters. The lowest BCUT2D eigenvalue weighted by Gasteiger charge is -2.27. The summed E-state index contributed by atoms with van der Waals surface area (Å²) in [5, 5.41) is 20.2. The van der Waals surface area contributed by atoms with Gasteiger partial charge in [-0.3, -0.25) is 0 Å². The van der Waals surface area contributed by atoms with Crippen LogP contribution in [-0.2, 0) is 6.61 Å². The first-order chi connectivity index (χ1) is 15.5. The molecule has 0 aliphatic carbocycles. The zero-order chi connectivity index (χ0) is 22.7.